The van der Waals surface area contributed by atoms with Crippen LogP contribution in [0.2, 0.25) is 0 Å². The number of pyridine rings is 1. The molecule has 2 amide bonds. The fourth-order valence-corrected chi connectivity index (χ4v) is 4.46. The van der Waals surface area contributed by atoms with Crippen molar-refractivity contribution in [2.24, 2.45) is 0 Å². The van der Waals surface area contributed by atoms with Crippen LogP contribution < -0.4 is 10.2 Å². The van der Waals surface area contributed by atoms with E-state index in [0.29, 0.717) is 19.0 Å². The maximum absolute atomic E-state index is 12.5. The molecule has 3 heterocycles. The van der Waals surface area contributed by atoms with Crippen molar-refractivity contribution in [3.8, 4) is 11.1 Å². The van der Waals surface area contributed by atoms with Crippen LogP contribution in [0.4, 0.5) is 10.5 Å². The van der Waals surface area contributed by atoms with E-state index in [9.17, 15) is 14.7 Å². The van der Waals surface area contributed by atoms with Gasteiger partial charge in [-0.2, -0.15) is 4.98 Å². The molecule has 196 valence electrons. The topological polar surface area (TPSA) is 125 Å². The number of likely N-dealkylation sites (N-methyl/N-ethyl adjacent to an activating group) is 1. The molecule has 1 atom stereocenters. The van der Waals surface area contributed by atoms with Gasteiger partial charge in [0.05, 0.1) is 17.9 Å². The van der Waals surface area contributed by atoms with Crippen molar-refractivity contribution in [2.75, 3.05) is 25.0 Å². The lowest BCUT2D eigenvalue weighted by molar-refractivity contribution is 0.0937. The lowest BCUT2D eigenvalue weighted by Crippen LogP contribution is -2.48. The van der Waals surface area contributed by atoms with Crippen molar-refractivity contribution in [1.82, 2.24) is 25.3 Å². The minimum absolute atomic E-state index is 0.0222. The Morgan fingerprint density at radius 3 is 2.73 bits per heavy atom. The number of benzene rings is 1. The monoisotopic (exact) mass is 506 g/mol. The minimum Gasteiger partial charge on any atom is -0.465 e. The first-order valence-corrected chi connectivity index (χ1v) is 12.4. The second-order valence-corrected chi connectivity index (χ2v) is 10.5. The fraction of sp³-hybridized carbons (Fsp3) is 0.444. The van der Waals surface area contributed by atoms with Gasteiger partial charge in [-0.05, 0) is 42.5 Å². The third-order valence-corrected chi connectivity index (χ3v) is 6.75. The third kappa shape index (κ3) is 5.90. The highest BCUT2D eigenvalue weighted by molar-refractivity contribution is 5.90. The van der Waals surface area contributed by atoms with E-state index in [2.05, 4.69) is 31.4 Å². The van der Waals surface area contributed by atoms with Gasteiger partial charge in [-0.1, -0.05) is 44.1 Å². The normalized spacial score (nSPS) is 15.9. The average Bonchev–Trinajstić information content (AvgIpc) is 3.39. The van der Waals surface area contributed by atoms with Crippen LogP contribution in [-0.4, -0.2) is 63.3 Å². The Balaban J connectivity index is 1.48. The summed E-state index contributed by atoms with van der Waals surface area (Å²) < 4.78 is 5.22. The molecule has 2 N–H and O–H groups in total. The summed E-state index contributed by atoms with van der Waals surface area (Å²) in [7, 11) is 1.63. The molecule has 3 aromatic rings. The van der Waals surface area contributed by atoms with Crippen molar-refractivity contribution in [3.05, 3.63) is 59.5 Å². The van der Waals surface area contributed by atoms with Crippen LogP contribution in [0.3, 0.4) is 0 Å². The van der Waals surface area contributed by atoms with Crippen molar-refractivity contribution < 1.29 is 19.2 Å². The molecule has 0 aliphatic carbocycles. The molecule has 1 unspecified atom stereocenters. The number of hydrogen-bond donors (Lipinski definition) is 2. The molecule has 1 fully saturated rings. The van der Waals surface area contributed by atoms with Crippen LogP contribution in [-0.2, 0) is 12.0 Å². The number of rotatable bonds is 6. The Hall–Kier alpha value is -3.95. The van der Waals surface area contributed by atoms with E-state index >= 15 is 0 Å². The zero-order valence-corrected chi connectivity index (χ0v) is 22.0. The highest BCUT2D eigenvalue weighted by Crippen LogP contribution is 2.33. The number of aryl methyl sites for hydroxylation is 1. The molecule has 1 aromatic carbocycles. The van der Waals surface area contributed by atoms with Gasteiger partial charge in [-0.25, -0.2) is 4.79 Å². The second-order valence-electron chi connectivity index (χ2n) is 10.5. The van der Waals surface area contributed by atoms with Crippen LogP contribution in [0, 0.1) is 6.92 Å². The predicted molar refractivity (Wildman–Crippen MR) is 140 cm³/mol. The molecule has 1 saturated heterocycles. The molecule has 1 aliphatic heterocycles. The molecule has 10 nitrogen and oxygen atoms in total. The molecule has 10 heteroatoms. The van der Waals surface area contributed by atoms with Gasteiger partial charge in [0.25, 0.3) is 11.7 Å². The Morgan fingerprint density at radius 2 is 2.05 bits per heavy atom. The Kier molecular flexibility index (Phi) is 7.47. The molecular formula is C27H34N6O4. The van der Waals surface area contributed by atoms with Gasteiger partial charge in [-0.15, -0.1) is 0 Å². The van der Waals surface area contributed by atoms with E-state index in [-0.39, 0.29) is 23.2 Å². The number of amides is 2. The van der Waals surface area contributed by atoms with Crippen LogP contribution in [0.15, 0.2) is 41.2 Å². The number of nitrogens with zero attached hydrogens (tertiary/aromatic N) is 5. The van der Waals surface area contributed by atoms with Gasteiger partial charge in [-0.3, -0.25) is 9.78 Å². The minimum atomic E-state index is -0.912. The quantitative estimate of drug-likeness (QED) is 0.508. The van der Waals surface area contributed by atoms with E-state index in [1.165, 1.54) is 4.90 Å². The summed E-state index contributed by atoms with van der Waals surface area (Å²) in [5.74, 6) is 0.0557. The first-order valence-electron chi connectivity index (χ1n) is 12.4. The summed E-state index contributed by atoms with van der Waals surface area (Å²) in [6.07, 6.45) is 4.45. The number of aromatic nitrogens is 3. The zero-order valence-electron chi connectivity index (χ0n) is 22.0. The van der Waals surface area contributed by atoms with Crippen LogP contribution in [0.1, 0.15) is 61.2 Å². The molecular weight excluding hydrogens is 472 g/mol. The molecule has 0 spiro atoms. The fourth-order valence-electron chi connectivity index (χ4n) is 4.46. The predicted octanol–water partition coefficient (Wildman–Crippen LogP) is 4.25. The molecule has 0 saturated carbocycles. The highest BCUT2D eigenvalue weighted by Gasteiger charge is 2.27. The van der Waals surface area contributed by atoms with Crippen LogP contribution in [0.5, 0.6) is 0 Å². The van der Waals surface area contributed by atoms with Crippen LogP contribution >= 0.6 is 0 Å². The van der Waals surface area contributed by atoms with Crippen molar-refractivity contribution in [3.63, 3.8) is 0 Å². The summed E-state index contributed by atoms with van der Waals surface area (Å²) in [5, 5.41) is 16.1. The Bertz CT molecular complexity index is 1280. The summed E-state index contributed by atoms with van der Waals surface area (Å²) in [6, 6.07) is 8.05. The summed E-state index contributed by atoms with van der Waals surface area (Å²) >= 11 is 0. The standard InChI is InChI=1S/C27H34N6O4/c1-17-13-18(8-9-19(17)14-29-24(34)23-30-25(37-31-23)27(2,3)4)21-10-11-28-15-22(21)33-12-6-7-20(16-33)32(5)26(35)36/h8-11,13,15,20H,6-7,12,14,16H2,1-5H3,(H,29,34)(H,35,36). The first kappa shape index (κ1) is 26.1. The number of carboxylic acid groups (broad SMARTS) is 1. The molecule has 0 radical (unpaired) electrons. The molecule has 2 aromatic heterocycles. The van der Waals surface area contributed by atoms with E-state index in [1.807, 2.05) is 52.1 Å². The van der Waals surface area contributed by atoms with Crippen molar-refractivity contribution in [1.29, 1.82) is 0 Å². The lowest BCUT2D eigenvalue weighted by Gasteiger charge is -2.38. The van der Waals surface area contributed by atoms with Crippen molar-refractivity contribution in [2.45, 2.75) is 58.5 Å². The summed E-state index contributed by atoms with van der Waals surface area (Å²) in [5.41, 5.74) is 4.74. The smallest absolute Gasteiger partial charge is 0.407 e. The number of piperidine rings is 1. The number of nitrogens with one attached hydrogen (secondary N) is 1. The number of carbonyl (C=O) groups is 2. The first-order chi connectivity index (χ1) is 17.5. The lowest BCUT2D eigenvalue weighted by atomic mass is 9.97. The van der Waals surface area contributed by atoms with Crippen molar-refractivity contribution >= 4 is 17.7 Å². The maximum Gasteiger partial charge on any atom is 0.407 e. The van der Waals surface area contributed by atoms with E-state index in [0.717, 1.165) is 47.3 Å². The van der Waals surface area contributed by atoms with E-state index in [1.54, 1.807) is 13.2 Å². The molecule has 1 aliphatic rings. The van der Waals surface area contributed by atoms with Gasteiger partial charge < -0.3 is 24.7 Å². The van der Waals surface area contributed by atoms with E-state index in [4.69, 9.17) is 4.52 Å². The second kappa shape index (κ2) is 10.6. The highest BCUT2D eigenvalue weighted by atomic mass is 16.5. The number of carbonyl (C=O) groups excluding carboxylic acids is 1. The van der Waals surface area contributed by atoms with Gasteiger partial charge in [0, 0.05) is 43.9 Å². The Morgan fingerprint density at radius 1 is 1.27 bits per heavy atom. The maximum atomic E-state index is 12.5. The number of hydrogen-bond acceptors (Lipinski definition) is 7. The van der Waals surface area contributed by atoms with Gasteiger partial charge in [0.15, 0.2) is 0 Å². The van der Waals surface area contributed by atoms with Gasteiger partial charge in [0.1, 0.15) is 0 Å². The largest absolute Gasteiger partial charge is 0.465 e. The summed E-state index contributed by atoms with van der Waals surface area (Å²) in [4.78, 5) is 36.2. The average molecular weight is 507 g/mol. The summed E-state index contributed by atoms with van der Waals surface area (Å²) in [6.45, 7) is 9.65. The SMILES string of the molecule is Cc1cc(-c2ccncc2N2CCCC(N(C)C(=O)O)C2)ccc1CNC(=O)c1noc(C(C)(C)C)n1. The Labute approximate surface area is 216 Å². The number of anilines is 1. The van der Waals surface area contributed by atoms with Gasteiger partial charge in [0.2, 0.25) is 5.89 Å². The van der Waals surface area contributed by atoms with Crippen LogP contribution in [0.25, 0.3) is 11.1 Å². The zero-order chi connectivity index (χ0) is 26.7. The molecule has 4 rings (SSSR count). The molecule has 0 bridgehead atoms. The molecule has 37 heavy (non-hydrogen) atoms. The van der Waals surface area contributed by atoms with Gasteiger partial charge >= 0.3 is 6.09 Å². The van der Waals surface area contributed by atoms with E-state index < -0.39 is 6.09 Å². The third-order valence-electron chi connectivity index (χ3n) is 6.75.